The Hall–Kier alpha value is -1.52. The van der Waals surface area contributed by atoms with Crippen molar-refractivity contribution in [2.45, 2.75) is 31.8 Å². The van der Waals surface area contributed by atoms with Gasteiger partial charge < -0.3 is 24.4 Å². The van der Waals surface area contributed by atoms with Crippen LogP contribution >= 0.6 is 0 Å². The third kappa shape index (κ3) is 4.02. The van der Waals surface area contributed by atoms with Crippen LogP contribution in [0.4, 0.5) is 0 Å². The van der Waals surface area contributed by atoms with Crippen molar-refractivity contribution < 1.29 is 24.4 Å². The Bertz CT molecular complexity index is 585. The number of hydrogen-bond acceptors (Lipinski definition) is 7. The fraction of sp³-hybridized carbons (Fsp3) is 0.692. The van der Waals surface area contributed by atoms with Crippen molar-refractivity contribution in [3.63, 3.8) is 0 Å². The lowest BCUT2D eigenvalue weighted by molar-refractivity contribution is -0.0459. The van der Waals surface area contributed by atoms with Gasteiger partial charge in [-0.3, -0.25) is 14.3 Å². The van der Waals surface area contributed by atoms with Crippen molar-refractivity contribution in [3.8, 4) is 0 Å². The van der Waals surface area contributed by atoms with Crippen LogP contribution in [0, 0.1) is 6.92 Å². The molecule has 0 aliphatic carbocycles. The third-order valence-electron chi connectivity index (χ3n) is 3.38. The molecular weight excluding hydrogens is 296 g/mol. The van der Waals surface area contributed by atoms with E-state index in [0.29, 0.717) is 12.4 Å². The molecule has 0 radical (unpaired) electrons. The molecule has 0 spiro atoms. The van der Waals surface area contributed by atoms with Gasteiger partial charge in [0.25, 0.3) is 5.56 Å². The largest absolute Gasteiger partial charge is 0.394 e. The smallest absolute Gasteiger partial charge is 0.330 e. The van der Waals surface area contributed by atoms with Crippen LogP contribution in [0.5, 0.6) is 0 Å². The SMILES string of the molecule is C1COCO1.Cc1cn([C@H]2C[C@H](O)[C@@H](CO)O2)c(=O)[nH]c1=O. The average Bonchev–Trinajstić information content (AvgIpc) is 3.15. The van der Waals surface area contributed by atoms with E-state index in [1.165, 1.54) is 10.8 Å². The van der Waals surface area contributed by atoms with Crippen LogP contribution in [-0.2, 0) is 14.2 Å². The summed E-state index contributed by atoms with van der Waals surface area (Å²) in [4.78, 5) is 24.9. The van der Waals surface area contributed by atoms with E-state index in [1.54, 1.807) is 6.92 Å². The Morgan fingerprint density at radius 2 is 2.05 bits per heavy atom. The first-order valence-corrected chi connectivity index (χ1v) is 6.95. The third-order valence-corrected chi connectivity index (χ3v) is 3.38. The number of nitrogens with zero attached hydrogens (tertiary/aromatic N) is 1. The van der Waals surface area contributed by atoms with Crippen LogP contribution in [0.3, 0.4) is 0 Å². The van der Waals surface area contributed by atoms with Gasteiger partial charge in [0.1, 0.15) is 19.1 Å². The minimum absolute atomic E-state index is 0.205. The number of aryl methyl sites for hydroxylation is 1. The van der Waals surface area contributed by atoms with Gasteiger partial charge in [0.15, 0.2) is 0 Å². The topological polar surface area (TPSA) is 123 Å². The first-order valence-electron chi connectivity index (χ1n) is 6.95. The maximum Gasteiger partial charge on any atom is 0.330 e. The van der Waals surface area contributed by atoms with Crippen molar-refractivity contribution in [3.05, 3.63) is 32.6 Å². The summed E-state index contributed by atoms with van der Waals surface area (Å²) >= 11 is 0. The number of aromatic amines is 1. The molecule has 9 heteroatoms. The second-order valence-electron chi connectivity index (χ2n) is 5.03. The lowest BCUT2D eigenvalue weighted by Crippen LogP contribution is -2.33. The van der Waals surface area contributed by atoms with Crippen LogP contribution in [0.2, 0.25) is 0 Å². The molecule has 2 aliphatic rings. The van der Waals surface area contributed by atoms with Crippen molar-refractivity contribution in [1.82, 2.24) is 9.55 Å². The van der Waals surface area contributed by atoms with Gasteiger partial charge >= 0.3 is 5.69 Å². The fourth-order valence-electron chi connectivity index (χ4n) is 2.14. The molecule has 2 aliphatic heterocycles. The van der Waals surface area contributed by atoms with Crippen LogP contribution in [0.15, 0.2) is 15.8 Å². The van der Waals surface area contributed by atoms with Crippen LogP contribution in [-0.4, -0.2) is 58.6 Å². The molecule has 1 aromatic heterocycles. The Labute approximate surface area is 126 Å². The summed E-state index contributed by atoms with van der Waals surface area (Å²) in [5.41, 5.74) is -0.643. The average molecular weight is 316 g/mol. The second kappa shape index (κ2) is 7.65. The van der Waals surface area contributed by atoms with Crippen molar-refractivity contribution in [1.29, 1.82) is 0 Å². The summed E-state index contributed by atoms with van der Waals surface area (Å²) in [6.45, 7) is 3.32. The molecule has 3 N–H and O–H groups in total. The number of aliphatic hydroxyl groups is 2. The van der Waals surface area contributed by atoms with Crippen molar-refractivity contribution in [2.75, 3.05) is 26.6 Å². The number of nitrogens with one attached hydrogen (secondary N) is 1. The normalized spacial score (nSPS) is 27.5. The second-order valence-corrected chi connectivity index (χ2v) is 5.03. The van der Waals surface area contributed by atoms with Crippen LogP contribution in [0.25, 0.3) is 0 Å². The molecule has 0 bridgehead atoms. The highest BCUT2D eigenvalue weighted by Gasteiger charge is 2.34. The lowest BCUT2D eigenvalue weighted by Gasteiger charge is -2.14. The molecule has 2 saturated heterocycles. The van der Waals surface area contributed by atoms with E-state index in [4.69, 9.17) is 19.3 Å². The van der Waals surface area contributed by atoms with E-state index < -0.39 is 29.7 Å². The summed E-state index contributed by atoms with van der Waals surface area (Å²) in [7, 11) is 0. The van der Waals surface area contributed by atoms with E-state index in [9.17, 15) is 14.7 Å². The zero-order chi connectivity index (χ0) is 16.1. The van der Waals surface area contributed by atoms with Gasteiger partial charge in [-0.2, -0.15) is 0 Å². The first kappa shape index (κ1) is 16.8. The van der Waals surface area contributed by atoms with Gasteiger partial charge in [-0.1, -0.05) is 0 Å². The van der Waals surface area contributed by atoms with Gasteiger partial charge in [-0.15, -0.1) is 0 Å². The van der Waals surface area contributed by atoms with E-state index in [1.807, 2.05) is 0 Å². The zero-order valence-corrected chi connectivity index (χ0v) is 12.2. The Kier molecular flexibility index (Phi) is 5.86. The maximum atomic E-state index is 11.6. The number of ether oxygens (including phenoxy) is 3. The standard InChI is InChI=1S/C10H14N2O5.C3H6O2/c1-5-3-12(10(16)11-9(5)15)8-2-6(14)7(4-13)17-8;1-2-5-3-4-1/h3,6-8,13-14H,2,4H2,1H3,(H,11,15,16);1-3H2/t6-,7+,8+;/m0./s1. The summed E-state index contributed by atoms with van der Waals surface area (Å²) in [5, 5.41) is 18.5. The van der Waals surface area contributed by atoms with Crippen LogP contribution < -0.4 is 11.2 Å². The molecular formula is C13H20N2O7. The number of hydrogen-bond donors (Lipinski definition) is 3. The molecule has 124 valence electrons. The number of H-pyrrole nitrogens is 1. The molecule has 2 fully saturated rings. The summed E-state index contributed by atoms with van der Waals surface area (Å²) < 4.78 is 16.0. The molecule has 3 heterocycles. The highest BCUT2D eigenvalue weighted by atomic mass is 16.7. The Morgan fingerprint density at radius 3 is 2.55 bits per heavy atom. The monoisotopic (exact) mass is 316 g/mol. The van der Waals surface area contributed by atoms with Crippen molar-refractivity contribution >= 4 is 0 Å². The number of aliphatic hydroxyl groups excluding tert-OH is 2. The molecule has 0 aromatic carbocycles. The highest BCUT2D eigenvalue weighted by molar-refractivity contribution is 5.02. The van der Waals surface area contributed by atoms with Gasteiger partial charge in [0, 0.05) is 18.2 Å². The molecule has 3 atom stereocenters. The van der Waals surface area contributed by atoms with Gasteiger partial charge in [0.05, 0.1) is 25.9 Å². The van der Waals surface area contributed by atoms with Gasteiger partial charge in [-0.25, -0.2) is 4.79 Å². The minimum Gasteiger partial charge on any atom is -0.394 e. The lowest BCUT2D eigenvalue weighted by atomic mass is 10.2. The van der Waals surface area contributed by atoms with Gasteiger partial charge in [-0.05, 0) is 6.92 Å². The highest BCUT2D eigenvalue weighted by Crippen LogP contribution is 2.27. The molecule has 3 rings (SSSR count). The van der Waals surface area contributed by atoms with Gasteiger partial charge in [0.2, 0.25) is 0 Å². The van der Waals surface area contributed by atoms with Crippen LogP contribution in [0.1, 0.15) is 18.2 Å². The van der Waals surface area contributed by atoms with E-state index in [2.05, 4.69) is 4.98 Å². The minimum atomic E-state index is -0.816. The quantitative estimate of drug-likeness (QED) is 0.605. The molecule has 22 heavy (non-hydrogen) atoms. The summed E-state index contributed by atoms with van der Waals surface area (Å²) in [6, 6.07) is 0. The maximum absolute atomic E-state index is 11.6. The van der Waals surface area contributed by atoms with E-state index >= 15 is 0 Å². The predicted molar refractivity (Wildman–Crippen MR) is 74.5 cm³/mol. The Balaban J connectivity index is 0.000000299. The molecule has 9 nitrogen and oxygen atoms in total. The molecule has 0 unspecified atom stereocenters. The summed E-state index contributed by atoms with van der Waals surface area (Å²) in [5.74, 6) is 0. The molecule has 1 aromatic rings. The Morgan fingerprint density at radius 1 is 1.36 bits per heavy atom. The zero-order valence-electron chi connectivity index (χ0n) is 12.2. The van der Waals surface area contributed by atoms with Crippen molar-refractivity contribution in [2.24, 2.45) is 0 Å². The molecule has 0 amide bonds. The summed E-state index contributed by atoms with van der Waals surface area (Å²) in [6.07, 6.45) is -0.581. The molecule has 0 saturated carbocycles. The van der Waals surface area contributed by atoms with E-state index in [-0.39, 0.29) is 13.0 Å². The number of rotatable bonds is 2. The first-order chi connectivity index (χ1) is 10.5. The predicted octanol–water partition coefficient (Wildman–Crippen LogP) is -1.52. The number of aromatic nitrogens is 2. The van der Waals surface area contributed by atoms with E-state index in [0.717, 1.165) is 13.2 Å². The fourth-order valence-corrected chi connectivity index (χ4v) is 2.14.